The number of rotatable bonds is 3. The predicted octanol–water partition coefficient (Wildman–Crippen LogP) is 3.77. The first-order chi connectivity index (χ1) is 11.6. The normalized spacial score (nSPS) is 13.3. The Hall–Kier alpha value is -2.69. The van der Waals surface area contributed by atoms with E-state index in [0.29, 0.717) is 18.7 Å². The molecule has 124 valence electrons. The van der Waals surface area contributed by atoms with Crippen molar-refractivity contribution in [2.75, 3.05) is 16.8 Å². The maximum absolute atomic E-state index is 13.7. The number of hydrogen-bond acceptors (Lipinski definition) is 2. The number of hydrogen-bond donors (Lipinski definition) is 1. The summed E-state index contributed by atoms with van der Waals surface area (Å²) in [5.41, 5.74) is 2.47. The minimum absolute atomic E-state index is 0.00305. The second-order valence-electron chi connectivity index (χ2n) is 5.78. The SMILES string of the molecule is CCC(=O)N1CCCc2ccc(NC(=O)c3ccccc3F)cc21. The molecule has 0 bridgehead atoms. The van der Waals surface area contributed by atoms with Gasteiger partial charge in [0.2, 0.25) is 5.91 Å². The van der Waals surface area contributed by atoms with E-state index in [2.05, 4.69) is 5.32 Å². The lowest BCUT2D eigenvalue weighted by Crippen LogP contribution is -2.35. The molecule has 2 amide bonds. The van der Waals surface area contributed by atoms with Gasteiger partial charge in [0.05, 0.1) is 5.56 Å². The predicted molar refractivity (Wildman–Crippen MR) is 91.8 cm³/mol. The van der Waals surface area contributed by atoms with Crippen LogP contribution in [0.25, 0.3) is 0 Å². The molecule has 1 aliphatic rings. The van der Waals surface area contributed by atoms with Crippen LogP contribution in [0.2, 0.25) is 0 Å². The van der Waals surface area contributed by atoms with E-state index in [1.807, 2.05) is 13.0 Å². The average Bonchev–Trinajstić information content (AvgIpc) is 2.60. The van der Waals surface area contributed by atoms with Crippen molar-refractivity contribution in [2.45, 2.75) is 26.2 Å². The average molecular weight is 326 g/mol. The zero-order valence-corrected chi connectivity index (χ0v) is 13.5. The van der Waals surface area contributed by atoms with E-state index in [9.17, 15) is 14.0 Å². The number of carbonyl (C=O) groups excluding carboxylic acids is 2. The Morgan fingerprint density at radius 3 is 2.75 bits per heavy atom. The van der Waals surface area contributed by atoms with Crippen LogP contribution in [0, 0.1) is 5.82 Å². The van der Waals surface area contributed by atoms with Gasteiger partial charge in [-0.05, 0) is 42.7 Å². The minimum Gasteiger partial charge on any atom is -0.322 e. The smallest absolute Gasteiger partial charge is 0.258 e. The Bertz CT molecular complexity index is 789. The van der Waals surface area contributed by atoms with Gasteiger partial charge in [-0.2, -0.15) is 0 Å². The third-order valence-corrected chi connectivity index (χ3v) is 4.18. The van der Waals surface area contributed by atoms with E-state index in [1.54, 1.807) is 29.2 Å². The third kappa shape index (κ3) is 3.15. The van der Waals surface area contributed by atoms with E-state index in [-0.39, 0.29) is 11.5 Å². The molecule has 0 saturated carbocycles. The van der Waals surface area contributed by atoms with Crippen molar-refractivity contribution in [2.24, 2.45) is 0 Å². The summed E-state index contributed by atoms with van der Waals surface area (Å²) in [7, 11) is 0. The first-order valence-corrected chi connectivity index (χ1v) is 8.09. The van der Waals surface area contributed by atoms with Crippen molar-refractivity contribution < 1.29 is 14.0 Å². The summed E-state index contributed by atoms with van der Waals surface area (Å²) >= 11 is 0. The fourth-order valence-electron chi connectivity index (χ4n) is 2.95. The van der Waals surface area contributed by atoms with Gasteiger partial charge in [0.25, 0.3) is 5.91 Å². The van der Waals surface area contributed by atoms with Crippen molar-refractivity contribution >= 4 is 23.2 Å². The summed E-state index contributed by atoms with van der Waals surface area (Å²) in [6.07, 6.45) is 2.27. The Labute approximate surface area is 140 Å². The van der Waals surface area contributed by atoms with Crippen molar-refractivity contribution in [3.63, 3.8) is 0 Å². The summed E-state index contributed by atoms with van der Waals surface area (Å²) in [4.78, 5) is 26.1. The van der Waals surface area contributed by atoms with Crippen molar-refractivity contribution in [3.05, 3.63) is 59.4 Å². The van der Waals surface area contributed by atoms with Gasteiger partial charge < -0.3 is 10.2 Å². The molecule has 3 rings (SSSR count). The van der Waals surface area contributed by atoms with Crippen molar-refractivity contribution in [1.29, 1.82) is 0 Å². The van der Waals surface area contributed by atoms with Gasteiger partial charge in [0.15, 0.2) is 0 Å². The molecule has 1 heterocycles. The molecule has 2 aromatic carbocycles. The first-order valence-electron chi connectivity index (χ1n) is 8.09. The lowest BCUT2D eigenvalue weighted by atomic mass is 10.0. The van der Waals surface area contributed by atoms with Crippen LogP contribution in [0.5, 0.6) is 0 Å². The van der Waals surface area contributed by atoms with Gasteiger partial charge in [0, 0.05) is 24.3 Å². The Balaban J connectivity index is 1.87. The van der Waals surface area contributed by atoms with E-state index < -0.39 is 11.7 Å². The number of amides is 2. The largest absolute Gasteiger partial charge is 0.322 e. The zero-order chi connectivity index (χ0) is 17.1. The molecule has 0 aliphatic carbocycles. The quantitative estimate of drug-likeness (QED) is 0.933. The minimum atomic E-state index is -0.559. The van der Waals surface area contributed by atoms with Gasteiger partial charge in [-0.25, -0.2) is 4.39 Å². The molecule has 4 nitrogen and oxygen atoms in total. The van der Waals surface area contributed by atoms with Crippen LogP contribution in [0.1, 0.15) is 35.7 Å². The molecule has 0 radical (unpaired) electrons. The molecular formula is C19H19FN2O2. The first kappa shape index (κ1) is 16.2. The summed E-state index contributed by atoms with van der Waals surface area (Å²) in [5.74, 6) is -0.999. The summed E-state index contributed by atoms with van der Waals surface area (Å²) < 4.78 is 13.7. The Morgan fingerprint density at radius 2 is 2.00 bits per heavy atom. The van der Waals surface area contributed by atoms with Gasteiger partial charge >= 0.3 is 0 Å². The summed E-state index contributed by atoms with van der Waals surface area (Å²) in [6.45, 7) is 2.52. The number of nitrogens with zero attached hydrogens (tertiary/aromatic N) is 1. The van der Waals surface area contributed by atoms with E-state index in [4.69, 9.17) is 0 Å². The number of anilines is 2. The fourth-order valence-corrected chi connectivity index (χ4v) is 2.95. The maximum Gasteiger partial charge on any atom is 0.258 e. The standard InChI is InChI=1S/C19H19FN2O2/c1-2-18(23)22-11-5-6-13-9-10-14(12-17(13)22)21-19(24)15-7-3-4-8-16(15)20/h3-4,7-10,12H,2,5-6,11H2,1H3,(H,21,24). The molecule has 0 fully saturated rings. The molecule has 0 spiro atoms. The second-order valence-corrected chi connectivity index (χ2v) is 5.78. The van der Waals surface area contributed by atoms with Crippen LogP contribution in [0.15, 0.2) is 42.5 Å². The van der Waals surface area contributed by atoms with Crippen LogP contribution in [-0.2, 0) is 11.2 Å². The highest BCUT2D eigenvalue weighted by atomic mass is 19.1. The van der Waals surface area contributed by atoms with Crippen molar-refractivity contribution in [3.8, 4) is 0 Å². The third-order valence-electron chi connectivity index (χ3n) is 4.18. The summed E-state index contributed by atoms with van der Waals surface area (Å²) in [5, 5.41) is 2.71. The van der Waals surface area contributed by atoms with Gasteiger partial charge in [-0.15, -0.1) is 0 Å². The molecule has 5 heteroatoms. The topological polar surface area (TPSA) is 49.4 Å². The van der Waals surface area contributed by atoms with Crippen LogP contribution in [0.3, 0.4) is 0 Å². The lowest BCUT2D eigenvalue weighted by Gasteiger charge is -2.29. The van der Waals surface area contributed by atoms with Crippen LogP contribution in [0.4, 0.5) is 15.8 Å². The summed E-state index contributed by atoms with van der Waals surface area (Å²) in [6, 6.07) is 11.4. The van der Waals surface area contributed by atoms with Crippen LogP contribution < -0.4 is 10.2 Å². The van der Waals surface area contributed by atoms with E-state index in [0.717, 1.165) is 24.1 Å². The van der Waals surface area contributed by atoms with Gasteiger partial charge in [-0.3, -0.25) is 9.59 Å². The Kier molecular flexibility index (Phi) is 4.60. The lowest BCUT2D eigenvalue weighted by molar-refractivity contribution is -0.118. The highest BCUT2D eigenvalue weighted by molar-refractivity contribution is 6.05. The number of carbonyl (C=O) groups is 2. The number of halogens is 1. The monoisotopic (exact) mass is 326 g/mol. The molecular weight excluding hydrogens is 307 g/mol. The molecule has 0 saturated heterocycles. The molecule has 24 heavy (non-hydrogen) atoms. The van der Waals surface area contributed by atoms with Gasteiger partial charge in [-0.1, -0.05) is 25.1 Å². The fraction of sp³-hybridized carbons (Fsp3) is 0.263. The van der Waals surface area contributed by atoms with E-state index >= 15 is 0 Å². The van der Waals surface area contributed by atoms with Crippen LogP contribution >= 0.6 is 0 Å². The molecule has 0 aromatic heterocycles. The molecule has 1 aliphatic heterocycles. The molecule has 1 N–H and O–H groups in total. The van der Waals surface area contributed by atoms with E-state index in [1.165, 1.54) is 12.1 Å². The second kappa shape index (κ2) is 6.83. The number of benzene rings is 2. The molecule has 0 unspecified atom stereocenters. The zero-order valence-electron chi connectivity index (χ0n) is 13.5. The number of fused-ring (bicyclic) bond motifs is 1. The Morgan fingerprint density at radius 1 is 1.21 bits per heavy atom. The highest BCUT2D eigenvalue weighted by Gasteiger charge is 2.22. The van der Waals surface area contributed by atoms with Crippen LogP contribution in [-0.4, -0.2) is 18.4 Å². The number of aryl methyl sites for hydroxylation is 1. The number of nitrogens with one attached hydrogen (secondary N) is 1. The van der Waals surface area contributed by atoms with Gasteiger partial charge in [0.1, 0.15) is 5.82 Å². The highest BCUT2D eigenvalue weighted by Crippen LogP contribution is 2.30. The molecule has 2 aromatic rings. The molecule has 0 atom stereocenters. The van der Waals surface area contributed by atoms with Crippen molar-refractivity contribution in [1.82, 2.24) is 0 Å². The maximum atomic E-state index is 13.7.